The van der Waals surface area contributed by atoms with Gasteiger partial charge in [0.15, 0.2) is 23.3 Å². The Kier molecular flexibility index (Phi) is 6.26. The van der Waals surface area contributed by atoms with Crippen LogP contribution < -0.4 is 0 Å². The van der Waals surface area contributed by atoms with Gasteiger partial charge in [-0.15, -0.1) is 0 Å². The first-order valence-electron chi connectivity index (χ1n) is 10.6. The molecule has 0 saturated heterocycles. The normalized spacial score (nSPS) is 19.1. The third kappa shape index (κ3) is 4.30. The van der Waals surface area contributed by atoms with E-state index in [9.17, 15) is 17.6 Å². The molecule has 4 heteroatoms. The summed E-state index contributed by atoms with van der Waals surface area (Å²) < 4.78 is 57.4. The van der Waals surface area contributed by atoms with Crippen LogP contribution in [-0.4, -0.2) is 0 Å². The van der Waals surface area contributed by atoms with Crippen LogP contribution in [0.4, 0.5) is 17.6 Å². The van der Waals surface area contributed by atoms with Crippen LogP contribution in [0.25, 0.3) is 22.3 Å². The van der Waals surface area contributed by atoms with Crippen molar-refractivity contribution in [1.29, 1.82) is 0 Å². The van der Waals surface area contributed by atoms with Gasteiger partial charge in [-0.2, -0.15) is 0 Å². The van der Waals surface area contributed by atoms with Gasteiger partial charge in [-0.1, -0.05) is 60.7 Å². The molecule has 1 aliphatic carbocycles. The monoisotopic (exact) mass is 424 g/mol. The summed E-state index contributed by atoms with van der Waals surface area (Å²) in [5.74, 6) is -2.95. The zero-order valence-electron chi connectivity index (χ0n) is 17.3. The minimum Gasteiger partial charge on any atom is -0.204 e. The third-order valence-corrected chi connectivity index (χ3v) is 6.25. The lowest BCUT2D eigenvalue weighted by Gasteiger charge is -2.27. The van der Waals surface area contributed by atoms with Crippen LogP contribution in [0.5, 0.6) is 0 Å². The van der Waals surface area contributed by atoms with E-state index in [1.807, 2.05) is 13.0 Å². The fourth-order valence-electron chi connectivity index (χ4n) is 4.55. The van der Waals surface area contributed by atoms with Gasteiger partial charge >= 0.3 is 0 Å². The third-order valence-electron chi connectivity index (χ3n) is 6.25. The topological polar surface area (TPSA) is 0 Å². The fourth-order valence-corrected chi connectivity index (χ4v) is 4.55. The number of halogens is 4. The summed E-state index contributed by atoms with van der Waals surface area (Å²) in [4.78, 5) is 0. The predicted octanol–water partition coefficient (Wildman–Crippen LogP) is 8.43. The zero-order valence-corrected chi connectivity index (χ0v) is 17.3. The summed E-state index contributed by atoms with van der Waals surface area (Å²) in [6.45, 7) is 2.00. The van der Waals surface area contributed by atoms with Crippen molar-refractivity contribution in [3.05, 3.63) is 95.6 Å². The first kappa shape index (κ1) is 21.4. The molecule has 3 aromatic rings. The van der Waals surface area contributed by atoms with Gasteiger partial charge in [-0.3, -0.25) is 0 Å². The van der Waals surface area contributed by atoms with Crippen molar-refractivity contribution >= 4 is 0 Å². The standard InChI is InChI=1S/C27H24F4/c1-2-4-17-7-9-18(10-8-17)22-15-16-23(27(31)26(22)30)20-13-11-19(12-14-20)21-5-3-6-24(28)25(21)29/h2-6,11-18H,7-10H2,1H3/b4-2+. The molecule has 1 fully saturated rings. The second-order valence-corrected chi connectivity index (χ2v) is 8.15. The molecule has 0 bridgehead atoms. The van der Waals surface area contributed by atoms with Gasteiger partial charge in [0, 0.05) is 11.1 Å². The molecule has 0 heterocycles. The van der Waals surface area contributed by atoms with Crippen molar-refractivity contribution in [2.45, 2.75) is 38.5 Å². The molecule has 0 aliphatic heterocycles. The number of hydrogen-bond donors (Lipinski definition) is 0. The molecule has 0 unspecified atom stereocenters. The minimum atomic E-state index is -0.930. The fraction of sp³-hybridized carbons (Fsp3) is 0.259. The maximum atomic E-state index is 14.9. The second-order valence-electron chi connectivity index (χ2n) is 8.15. The molecule has 0 spiro atoms. The molecule has 3 aromatic carbocycles. The number of rotatable bonds is 4. The van der Waals surface area contributed by atoms with E-state index in [-0.39, 0.29) is 17.0 Å². The van der Waals surface area contributed by atoms with E-state index in [1.165, 1.54) is 12.1 Å². The largest absolute Gasteiger partial charge is 0.204 e. The Morgan fingerprint density at radius 1 is 0.677 bits per heavy atom. The minimum absolute atomic E-state index is 0.0309. The smallest absolute Gasteiger partial charge is 0.166 e. The summed E-state index contributed by atoms with van der Waals surface area (Å²) in [5.41, 5.74) is 1.69. The molecule has 0 atom stereocenters. The number of allylic oxidation sites excluding steroid dienone is 2. The van der Waals surface area contributed by atoms with Crippen molar-refractivity contribution in [1.82, 2.24) is 0 Å². The Morgan fingerprint density at radius 2 is 1.29 bits per heavy atom. The molecule has 0 amide bonds. The summed E-state index contributed by atoms with van der Waals surface area (Å²) in [7, 11) is 0. The van der Waals surface area contributed by atoms with Gasteiger partial charge in [0.1, 0.15) is 0 Å². The van der Waals surface area contributed by atoms with Crippen molar-refractivity contribution in [2.75, 3.05) is 0 Å². The van der Waals surface area contributed by atoms with Crippen LogP contribution in [-0.2, 0) is 0 Å². The molecular weight excluding hydrogens is 400 g/mol. The van der Waals surface area contributed by atoms with E-state index in [0.29, 0.717) is 22.6 Å². The van der Waals surface area contributed by atoms with Crippen LogP contribution in [0, 0.1) is 29.2 Å². The van der Waals surface area contributed by atoms with E-state index in [1.54, 1.807) is 36.4 Å². The molecule has 0 N–H and O–H groups in total. The average Bonchev–Trinajstić information content (AvgIpc) is 2.79. The zero-order chi connectivity index (χ0) is 22.0. The van der Waals surface area contributed by atoms with E-state index >= 15 is 0 Å². The molecule has 0 radical (unpaired) electrons. The van der Waals surface area contributed by atoms with Crippen molar-refractivity contribution in [3.8, 4) is 22.3 Å². The van der Waals surface area contributed by atoms with E-state index < -0.39 is 23.3 Å². The number of benzene rings is 3. The molecule has 0 aromatic heterocycles. The van der Waals surface area contributed by atoms with Gasteiger partial charge in [0.25, 0.3) is 0 Å². The molecule has 1 saturated carbocycles. The lowest BCUT2D eigenvalue weighted by Crippen LogP contribution is -2.13. The summed E-state index contributed by atoms with van der Waals surface area (Å²) in [5, 5.41) is 0. The predicted molar refractivity (Wildman–Crippen MR) is 117 cm³/mol. The maximum absolute atomic E-state index is 14.9. The lowest BCUT2D eigenvalue weighted by molar-refractivity contribution is 0.364. The molecular formula is C27H24F4. The Labute approximate surface area is 180 Å². The van der Waals surface area contributed by atoms with Gasteiger partial charge in [-0.25, -0.2) is 17.6 Å². The highest BCUT2D eigenvalue weighted by atomic mass is 19.2. The summed E-state index contributed by atoms with van der Waals surface area (Å²) in [6, 6.07) is 13.6. The van der Waals surface area contributed by atoms with Crippen molar-refractivity contribution < 1.29 is 17.6 Å². The van der Waals surface area contributed by atoms with E-state index in [4.69, 9.17) is 0 Å². The van der Waals surface area contributed by atoms with Gasteiger partial charge in [-0.05, 0) is 67.2 Å². The maximum Gasteiger partial charge on any atom is 0.166 e. The van der Waals surface area contributed by atoms with Crippen LogP contribution >= 0.6 is 0 Å². The summed E-state index contributed by atoms with van der Waals surface area (Å²) >= 11 is 0. The highest BCUT2D eigenvalue weighted by Gasteiger charge is 2.25. The molecule has 31 heavy (non-hydrogen) atoms. The van der Waals surface area contributed by atoms with Crippen molar-refractivity contribution in [3.63, 3.8) is 0 Å². The lowest BCUT2D eigenvalue weighted by atomic mass is 9.78. The highest BCUT2D eigenvalue weighted by Crippen LogP contribution is 2.39. The van der Waals surface area contributed by atoms with Crippen LogP contribution in [0.3, 0.4) is 0 Å². The van der Waals surface area contributed by atoms with Crippen molar-refractivity contribution in [2.24, 2.45) is 5.92 Å². The SMILES string of the molecule is C/C=C/C1CCC(c2ccc(-c3ccc(-c4cccc(F)c4F)cc3)c(F)c2F)CC1. The Bertz CT molecular complexity index is 1090. The molecule has 4 rings (SSSR count). The van der Waals surface area contributed by atoms with Gasteiger partial charge < -0.3 is 0 Å². The molecule has 160 valence electrons. The Morgan fingerprint density at radius 3 is 1.90 bits per heavy atom. The Hall–Kier alpha value is -2.88. The molecule has 0 nitrogen and oxygen atoms in total. The van der Waals surface area contributed by atoms with E-state index in [2.05, 4.69) is 6.08 Å². The van der Waals surface area contributed by atoms with Gasteiger partial charge in [0.2, 0.25) is 0 Å². The second kappa shape index (κ2) is 9.09. The molecule has 1 aliphatic rings. The van der Waals surface area contributed by atoms with Gasteiger partial charge in [0.05, 0.1) is 0 Å². The average molecular weight is 424 g/mol. The Balaban J connectivity index is 1.58. The first-order valence-corrected chi connectivity index (χ1v) is 10.6. The van der Waals surface area contributed by atoms with Crippen LogP contribution in [0.1, 0.15) is 44.1 Å². The van der Waals surface area contributed by atoms with Crippen LogP contribution in [0.2, 0.25) is 0 Å². The quantitative estimate of drug-likeness (QED) is 0.291. The highest BCUT2D eigenvalue weighted by molar-refractivity contribution is 5.71. The van der Waals surface area contributed by atoms with Crippen LogP contribution in [0.15, 0.2) is 66.7 Å². The first-order chi connectivity index (χ1) is 15.0. The van der Waals surface area contributed by atoms with E-state index in [0.717, 1.165) is 31.7 Å². The summed E-state index contributed by atoms with van der Waals surface area (Å²) in [6.07, 6.45) is 7.90. The number of hydrogen-bond acceptors (Lipinski definition) is 0.